The Balaban J connectivity index is 0.00000205. The standard InChI is InChI=1S/C22H32N4O2.HI/c1-23-22(26-13-18-19(14-26)21-7-6-20(18)28-21)24-11-15-8-9-25(12-15)16-4-3-5-17(10-16)27-2;/h3-5,10,15,18-21H,6-9,11-14H2,1-2H3,(H,23,24);1H. The Labute approximate surface area is 191 Å². The molecular formula is C22H33IN4O2. The van der Waals surface area contributed by atoms with Gasteiger partial charge in [-0.05, 0) is 37.3 Å². The van der Waals surface area contributed by atoms with Crippen molar-refractivity contribution in [2.45, 2.75) is 31.5 Å². The second-order valence-corrected chi connectivity index (χ2v) is 8.75. The molecule has 4 saturated heterocycles. The van der Waals surface area contributed by atoms with Crippen LogP contribution in [-0.2, 0) is 4.74 Å². The fourth-order valence-electron chi connectivity index (χ4n) is 5.74. The molecule has 0 aliphatic carbocycles. The van der Waals surface area contributed by atoms with E-state index in [-0.39, 0.29) is 24.0 Å². The van der Waals surface area contributed by atoms with Crippen LogP contribution in [0.3, 0.4) is 0 Å². The number of nitrogens with one attached hydrogen (secondary N) is 1. The van der Waals surface area contributed by atoms with E-state index in [1.807, 2.05) is 13.1 Å². The molecule has 4 heterocycles. The predicted octanol–water partition coefficient (Wildman–Crippen LogP) is 2.82. The van der Waals surface area contributed by atoms with Crippen molar-refractivity contribution in [2.24, 2.45) is 22.7 Å². The van der Waals surface area contributed by atoms with Crippen molar-refractivity contribution < 1.29 is 9.47 Å². The molecule has 5 atom stereocenters. The van der Waals surface area contributed by atoms with Crippen LogP contribution in [0.2, 0.25) is 0 Å². The van der Waals surface area contributed by atoms with Crippen LogP contribution in [0.15, 0.2) is 29.3 Å². The number of halogens is 1. The highest BCUT2D eigenvalue weighted by Crippen LogP contribution is 2.47. The van der Waals surface area contributed by atoms with E-state index in [9.17, 15) is 0 Å². The number of hydrogen-bond donors (Lipinski definition) is 1. The lowest BCUT2D eigenvalue weighted by Gasteiger charge is -2.25. The first kappa shape index (κ1) is 21.0. The predicted molar refractivity (Wildman–Crippen MR) is 127 cm³/mol. The van der Waals surface area contributed by atoms with Gasteiger partial charge in [0.2, 0.25) is 0 Å². The number of nitrogens with zero attached hydrogens (tertiary/aromatic N) is 3. The maximum absolute atomic E-state index is 6.11. The summed E-state index contributed by atoms with van der Waals surface area (Å²) in [4.78, 5) is 9.52. The zero-order valence-corrected chi connectivity index (χ0v) is 19.7. The molecule has 1 aromatic carbocycles. The Hall–Kier alpha value is -1.22. The third-order valence-corrected chi connectivity index (χ3v) is 7.22. The van der Waals surface area contributed by atoms with E-state index in [2.05, 4.69) is 38.3 Å². The van der Waals surface area contributed by atoms with Gasteiger partial charge in [-0.3, -0.25) is 4.99 Å². The van der Waals surface area contributed by atoms with Gasteiger partial charge in [-0.1, -0.05) is 6.07 Å². The maximum Gasteiger partial charge on any atom is 0.193 e. The second kappa shape index (κ2) is 8.88. The molecule has 4 fully saturated rings. The number of benzene rings is 1. The summed E-state index contributed by atoms with van der Waals surface area (Å²) in [5.41, 5.74) is 1.26. The van der Waals surface area contributed by atoms with Gasteiger partial charge < -0.3 is 24.6 Å². The van der Waals surface area contributed by atoms with E-state index in [4.69, 9.17) is 9.47 Å². The summed E-state index contributed by atoms with van der Waals surface area (Å²) in [5, 5.41) is 3.67. The van der Waals surface area contributed by atoms with Gasteiger partial charge in [-0.2, -0.15) is 0 Å². The van der Waals surface area contributed by atoms with Crippen molar-refractivity contribution in [1.29, 1.82) is 0 Å². The third kappa shape index (κ3) is 4.04. The quantitative estimate of drug-likeness (QED) is 0.382. The summed E-state index contributed by atoms with van der Waals surface area (Å²) in [6.07, 6.45) is 4.74. The highest BCUT2D eigenvalue weighted by Gasteiger charge is 2.53. The summed E-state index contributed by atoms with van der Waals surface area (Å²) >= 11 is 0. The van der Waals surface area contributed by atoms with Crippen molar-refractivity contribution in [1.82, 2.24) is 10.2 Å². The molecule has 0 spiro atoms. The van der Waals surface area contributed by atoms with Gasteiger partial charge in [0.05, 0.1) is 19.3 Å². The fourth-order valence-corrected chi connectivity index (χ4v) is 5.74. The van der Waals surface area contributed by atoms with Crippen LogP contribution in [0, 0.1) is 17.8 Å². The van der Waals surface area contributed by atoms with Crippen molar-refractivity contribution >= 4 is 35.6 Å². The van der Waals surface area contributed by atoms with Gasteiger partial charge in [0.1, 0.15) is 5.75 Å². The maximum atomic E-state index is 6.11. The molecule has 0 amide bonds. The number of hydrogen-bond acceptors (Lipinski definition) is 4. The molecule has 5 rings (SSSR count). The number of likely N-dealkylation sites (tertiary alicyclic amines) is 1. The van der Waals surface area contributed by atoms with Gasteiger partial charge >= 0.3 is 0 Å². The molecule has 4 aliphatic rings. The lowest BCUT2D eigenvalue weighted by Crippen LogP contribution is -2.43. The van der Waals surface area contributed by atoms with E-state index in [1.54, 1.807) is 7.11 Å². The highest BCUT2D eigenvalue weighted by molar-refractivity contribution is 14.0. The van der Waals surface area contributed by atoms with Crippen molar-refractivity contribution in [3.63, 3.8) is 0 Å². The minimum atomic E-state index is 0. The van der Waals surface area contributed by atoms with Crippen molar-refractivity contribution in [2.75, 3.05) is 51.8 Å². The molecule has 29 heavy (non-hydrogen) atoms. The first-order valence-electron chi connectivity index (χ1n) is 10.7. The average molecular weight is 512 g/mol. The molecule has 5 unspecified atom stereocenters. The molecule has 2 bridgehead atoms. The minimum absolute atomic E-state index is 0. The molecule has 6 nitrogen and oxygen atoms in total. The number of ether oxygens (including phenoxy) is 2. The number of fused-ring (bicyclic) bond motifs is 5. The van der Waals surface area contributed by atoms with Crippen LogP contribution < -0.4 is 15.0 Å². The zero-order valence-electron chi connectivity index (χ0n) is 17.4. The van der Waals surface area contributed by atoms with E-state index in [0.29, 0.717) is 30.0 Å². The lowest BCUT2D eigenvalue weighted by molar-refractivity contribution is 0.0767. The van der Waals surface area contributed by atoms with Crippen LogP contribution in [0.4, 0.5) is 5.69 Å². The van der Waals surface area contributed by atoms with Crippen LogP contribution in [-0.4, -0.2) is 69.9 Å². The third-order valence-electron chi connectivity index (χ3n) is 7.22. The number of guanidine groups is 1. The van der Waals surface area contributed by atoms with Crippen LogP contribution >= 0.6 is 24.0 Å². The largest absolute Gasteiger partial charge is 0.497 e. The fraction of sp³-hybridized carbons (Fsp3) is 0.682. The van der Waals surface area contributed by atoms with Crippen LogP contribution in [0.25, 0.3) is 0 Å². The Morgan fingerprint density at radius 2 is 1.93 bits per heavy atom. The van der Waals surface area contributed by atoms with Gasteiger partial charge in [-0.15, -0.1) is 24.0 Å². The first-order valence-corrected chi connectivity index (χ1v) is 10.7. The van der Waals surface area contributed by atoms with E-state index in [1.165, 1.54) is 24.9 Å². The normalized spacial score (nSPS) is 33.0. The molecule has 0 radical (unpaired) electrons. The topological polar surface area (TPSA) is 49.3 Å². The summed E-state index contributed by atoms with van der Waals surface area (Å²) < 4.78 is 11.5. The average Bonchev–Trinajstić information content (AvgIpc) is 3.50. The highest BCUT2D eigenvalue weighted by atomic mass is 127. The van der Waals surface area contributed by atoms with Crippen molar-refractivity contribution in [3.8, 4) is 5.75 Å². The van der Waals surface area contributed by atoms with Crippen LogP contribution in [0.1, 0.15) is 19.3 Å². The monoisotopic (exact) mass is 512 g/mol. The molecule has 1 aromatic rings. The molecular weight excluding hydrogens is 479 g/mol. The van der Waals surface area contributed by atoms with Gasteiger partial charge in [-0.25, -0.2) is 0 Å². The molecule has 1 N–H and O–H groups in total. The number of rotatable bonds is 4. The molecule has 160 valence electrons. The summed E-state index contributed by atoms with van der Waals surface area (Å²) in [6.45, 7) is 5.38. The van der Waals surface area contributed by atoms with Gasteiger partial charge in [0.15, 0.2) is 5.96 Å². The summed E-state index contributed by atoms with van der Waals surface area (Å²) in [7, 11) is 3.64. The Bertz CT molecular complexity index is 727. The van der Waals surface area contributed by atoms with Crippen LogP contribution in [0.5, 0.6) is 5.75 Å². The first-order chi connectivity index (χ1) is 13.7. The van der Waals surface area contributed by atoms with E-state index in [0.717, 1.165) is 44.4 Å². The number of aliphatic imine (C=N–C) groups is 1. The Kier molecular flexibility index (Phi) is 6.44. The smallest absolute Gasteiger partial charge is 0.193 e. The summed E-state index contributed by atoms with van der Waals surface area (Å²) in [5.74, 6) is 4.08. The van der Waals surface area contributed by atoms with E-state index >= 15 is 0 Å². The molecule has 0 saturated carbocycles. The molecule has 0 aromatic heterocycles. The zero-order chi connectivity index (χ0) is 19.1. The lowest BCUT2D eigenvalue weighted by atomic mass is 9.82. The van der Waals surface area contributed by atoms with Crippen molar-refractivity contribution in [3.05, 3.63) is 24.3 Å². The van der Waals surface area contributed by atoms with Gasteiger partial charge in [0, 0.05) is 63.4 Å². The second-order valence-electron chi connectivity index (χ2n) is 8.75. The number of anilines is 1. The molecule has 7 heteroatoms. The SMILES string of the molecule is CN=C(NCC1CCN(c2cccc(OC)c2)C1)N1CC2C3CCC(O3)C2C1.I. The summed E-state index contributed by atoms with van der Waals surface area (Å²) in [6, 6.07) is 8.39. The molecule has 4 aliphatic heterocycles. The Morgan fingerprint density at radius 3 is 2.62 bits per heavy atom. The van der Waals surface area contributed by atoms with Gasteiger partial charge in [0.25, 0.3) is 0 Å². The van der Waals surface area contributed by atoms with E-state index < -0.39 is 0 Å². The number of methoxy groups -OCH3 is 1. The minimum Gasteiger partial charge on any atom is -0.497 e. The Morgan fingerprint density at radius 1 is 1.17 bits per heavy atom.